The minimum Gasteiger partial charge on any atom is -0.481 e. The summed E-state index contributed by atoms with van der Waals surface area (Å²) < 4.78 is 0. The Hall–Kier alpha value is -1.85. The average molecular weight is 236 g/mol. The van der Waals surface area contributed by atoms with Crippen LogP contribution in [-0.4, -0.2) is 41.2 Å². The Morgan fingerprint density at radius 1 is 1.59 bits per heavy atom. The fraction of sp³-hybridized carbons (Fsp3) is 0.545. The molecule has 0 amide bonds. The molecule has 1 saturated heterocycles. The van der Waals surface area contributed by atoms with Crippen LogP contribution < -0.4 is 10.2 Å². The van der Waals surface area contributed by atoms with Crippen LogP contribution in [0, 0.1) is 12.8 Å². The zero-order chi connectivity index (χ0) is 12.4. The number of nitrogens with zero attached hydrogens (tertiary/aromatic N) is 3. The third-order valence-corrected chi connectivity index (χ3v) is 2.94. The highest BCUT2D eigenvalue weighted by atomic mass is 16.4. The SMILES string of the molecule is CNc1cc(N2CCC(C(=O)O)C2)nc(C)n1. The van der Waals surface area contributed by atoms with Crippen LogP contribution in [0.3, 0.4) is 0 Å². The molecule has 0 radical (unpaired) electrons. The lowest BCUT2D eigenvalue weighted by Gasteiger charge is -2.17. The molecule has 1 fully saturated rings. The lowest BCUT2D eigenvalue weighted by molar-refractivity contribution is -0.140. The quantitative estimate of drug-likeness (QED) is 0.805. The number of anilines is 2. The van der Waals surface area contributed by atoms with Crippen LogP contribution in [0.2, 0.25) is 0 Å². The van der Waals surface area contributed by atoms with Crippen LogP contribution in [0.1, 0.15) is 12.2 Å². The Morgan fingerprint density at radius 3 is 2.94 bits per heavy atom. The molecular weight excluding hydrogens is 220 g/mol. The van der Waals surface area contributed by atoms with Crippen LogP contribution in [0.4, 0.5) is 11.6 Å². The second-order valence-electron chi connectivity index (χ2n) is 4.18. The first-order valence-corrected chi connectivity index (χ1v) is 5.61. The molecule has 1 aromatic heterocycles. The molecule has 6 heteroatoms. The number of nitrogens with one attached hydrogen (secondary N) is 1. The predicted octanol–water partition coefficient (Wildman–Crippen LogP) is 0.738. The molecule has 1 atom stereocenters. The maximum Gasteiger partial charge on any atom is 0.308 e. The lowest BCUT2D eigenvalue weighted by Crippen LogP contribution is -2.24. The third-order valence-electron chi connectivity index (χ3n) is 2.94. The summed E-state index contributed by atoms with van der Waals surface area (Å²) in [6.07, 6.45) is 0.674. The smallest absolute Gasteiger partial charge is 0.308 e. The summed E-state index contributed by atoms with van der Waals surface area (Å²) in [5, 5.41) is 11.9. The van der Waals surface area contributed by atoms with Crippen molar-refractivity contribution in [3.05, 3.63) is 11.9 Å². The van der Waals surface area contributed by atoms with Gasteiger partial charge in [-0.05, 0) is 13.3 Å². The largest absolute Gasteiger partial charge is 0.481 e. The number of hydrogen-bond acceptors (Lipinski definition) is 5. The molecule has 2 rings (SSSR count). The molecule has 1 unspecified atom stereocenters. The fourth-order valence-corrected chi connectivity index (χ4v) is 2.01. The highest BCUT2D eigenvalue weighted by Crippen LogP contribution is 2.23. The first-order valence-electron chi connectivity index (χ1n) is 5.61. The van der Waals surface area contributed by atoms with Crippen molar-refractivity contribution in [2.75, 3.05) is 30.4 Å². The molecule has 1 aliphatic heterocycles. The molecule has 6 nitrogen and oxygen atoms in total. The Morgan fingerprint density at radius 2 is 2.35 bits per heavy atom. The van der Waals surface area contributed by atoms with Crippen LogP contribution in [0.5, 0.6) is 0 Å². The second-order valence-corrected chi connectivity index (χ2v) is 4.18. The molecule has 2 heterocycles. The molecule has 1 aliphatic rings. The monoisotopic (exact) mass is 236 g/mol. The molecule has 2 N–H and O–H groups in total. The van der Waals surface area contributed by atoms with E-state index >= 15 is 0 Å². The molecule has 0 bridgehead atoms. The standard InChI is InChI=1S/C11H16N4O2/c1-7-13-9(12-2)5-10(14-7)15-4-3-8(6-15)11(16)17/h5,8H,3-4,6H2,1-2H3,(H,16,17)(H,12,13,14). The molecule has 0 aliphatic carbocycles. The molecule has 0 spiro atoms. The molecule has 1 aromatic rings. The van der Waals surface area contributed by atoms with E-state index in [1.54, 1.807) is 7.05 Å². The molecule has 0 aromatic carbocycles. The second kappa shape index (κ2) is 4.57. The average Bonchev–Trinajstić information content (AvgIpc) is 2.77. The van der Waals surface area contributed by atoms with Gasteiger partial charge in [-0.15, -0.1) is 0 Å². The van der Waals surface area contributed by atoms with Crippen LogP contribution in [0.15, 0.2) is 6.07 Å². The van der Waals surface area contributed by atoms with E-state index in [0.717, 1.165) is 18.2 Å². The first-order chi connectivity index (χ1) is 8.10. The van der Waals surface area contributed by atoms with E-state index in [1.165, 1.54) is 0 Å². The Bertz CT molecular complexity index is 435. The normalized spacial score (nSPS) is 19.4. The minimum atomic E-state index is -0.730. The van der Waals surface area contributed by atoms with E-state index in [2.05, 4.69) is 15.3 Å². The number of aryl methyl sites for hydroxylation is 1. The summed E-state index contributed by atoms with van der Waals surface area (Å²) >= 11 is 0. The Balaban J connectivity index is 2.18. The van der Waals surface area contributed by atoms with Crippen molar-refractivity contribution < 1.29 is 9.90 Å². The number of aliphatic carboxylic acids is 1. The van der Waals surface area contributed by atoms with Gasteiger partial charge in [0.15, 0.2) is 0 Å². The summed E-state index contributed by atoms with van der Waals surface area (Å²) in [5.41, 5.74) is 0. The van der Waals surface area contributed by atoms with E-state index in [-0.39, 0.29) is 5.92 Å². The molecule has 0 saturated carbocycles. The van der Waals surface area contributed by atoms with Gasteiger partial charge >= 0.3 is 5.97 Å². The summed E-state index contributed by atoms with van der Waals surface area (Å²) in [5.74, 6) is 1.22. The zero-order valence-electron chi connectivity index (χ0n) is 9.97. The van der Waals surface area contributed by atoms with E-state index in [1.807, 2.05) is 17.9 Å². The van der Waals surface area contributed by atoms with Crippen molar-refractivity contribution in [3.63, 3.8) is 0 Å². The number of carboxylic acids is 1. The van der Waals surface area contributed by atoms with Crippen molar-refractivity contribution in [3.8, 4) is 0 Å². The van der Waals surface area contributed by atoms with Crippen LogP contribution in [-0.2, 0) is 4.79 Å². The van der Waals surface area contributed by atoms with Gasteiger partial charge in [0.2, 0.25) is 0 Å². The van der Waals surface area contributed by atoms with E-state index < -0.39 is 5.97 Å². The maximum absolute atomic E-state index is 10.9. The van der Waals surface area contributed by atoms with Crippen molar-refractivity contribution in [1.29, 1.82) is 0 Å². The summed E-state index contributed by atoms with van der Waals surface area (Å²) in [6.45, 7) is 3.08. The predicted molar refractivity (Wildman–Crippen MR) is 64.3 cm³/mol. The first kappa shape index (κ1) is 11.6. The number of rotatable bonds is 3. The zero-order valence-corrected chi connectivity index (χ0v) is 9.97. The van der Waals surface area contributed by atoms with Crippen LogP contribution in [0.25, 0.3) is 0 Å². The van der Waals surface area contributed by atoms with Crippen LogP contribution >= 0.6 is 0 Å². The Labute approximate surface area is 99.7 Å². The number of hydrogen-bond donors (Lipinski definition) is 2. The van der Waals surface area contributed by atoms with Crippen molar-refractivity contribution in [1.82, 2.24) is 9.97 Å². The molecular formula is C11H16N4O2. The third kappa shape index (κ3) is 2.46. The van der Waals surface area contributed by atoms with E-state index in [9.17, 15) is 4.79 Å². The van der Waals surface area contributed by atoms with Gasteiger partial charge in [0.25, 0.3) is 0 Å². The highest BCUT2D eigenvalue weighted by Gasteiger charge is 2.28. The van der Waals surface area contributed by atoms with Crippen molar-refractivity contribution >= 4 is 17.6 Å². The topological polar surface area (TPSA) is 78.4 Å². The van der Waals surface area contributed by atoms with Gasteiger partial charge in [-0.25, -0.2) is 9.97 Å². The number of carboxylic acid groups (broad SMARTS) is 1. The number of carbonyl (C=O) groups is 1. The van der Waals surface area contributed by atoms with E-state index in [4.69, 9.17) is 5.11 Å². The molecule has 92 valence electrons. The highest BCUT2D eigenvalue weighted by molar-refractivity contribution is 5.72. The van der Waals surface area contributed by atoms with Crippen molar-refractivity contribution in [2.45, 2.75) is 13.3 Å². The maximum atomic E-state index is 10.9. The minimum absolute atomic E-state index is 0.289. The molecule has 17 heavy (non-hydrogen) atoms. The fourth-order valence-electron chi connectivity index (χ4n) is 2.01. The summed E-state index contributed by atoms with van der Waals surface area (Å²) in [6, 6.07) is 1.84. The summed E-state index contributed by atoms with van der Waals surface area (Å²) in [7, 11) is 1.80. The van der Waals surface area contributed by atoms with Crippen molar-refractivity contribution in [2.24, 2.45) is 5.92 Å². The van der Waals surface area contributed by atoms with E-state index in [0.29, 0.717) is 18.8 Å². The Kier molecular flexibility index (Phi) is 3.12. The van der Waals surface area contributed by atoms with Gasteiger partial charge in [0.05, 0.1) is 5.92 Å². The number of aromatic nitrogens is 2. The summed E-state index contributed by atoms with van der Waals surface area (Å²) in [4.78, 5) is 21.4. The van der Waals surface area contributed by atoms with Gasteiger partial charge in [-0.2, -0.15) is 0 Å². The van der Waals surface area contributed by atoms with Gasteiger partial charge in [0.1, 0.15) is 17.5 Å². The van der Waals surface area contributed by atoms with Gasteiger partial charge in [0, 0.05) is 26.2 Å². The lowest BCUT2D eigenvalue weighted by atomic mass is 10.1. The van der Waals surface area contributed by atoms with Gasteiger partial charge < -0.3 is 15.3 Å². The van der Waals surface area contributed by atoms with Gasteiger partial charge in [-0.1, -0.05) is 0 Å². The van der Waals surface area contributed by atoms with Gasteiger partial charge in [-0.3, -0.25) is 4.79 Å².